The third-order valence-electron chi connectivity index (χ3n) is 7.82. The van der Waals surface area contributed by atoms with Crippen molar-refractivity contribution in [2.75, 3.05) is 24.2 Å². The summed E-state index contributed by atoms with van der Waals surface area (Å²) >= 11 is 6.14. The standard InChI is InChI=1S/C33H40ClN3O5S/c1-24-19-27(34)17-18-30(24)37(43(3,40)41)23-32(38)36(22-26-13-10-16-29(20-26)42-2)31(21-25-11-6-4-7-12-25)33(39)35-28-14-8-5-9-15-28/h4,6-7,10-13,16-20,28,31H,5,8-9,14-15,21-23H2,1-3H3,(H,35,39)/t31-/m0/s1. The number of nitrogens with zero attached hydrogens (tertiary/aromatic N) is 2. The van der Waals surface area contributed by atoms with Crippen LogP contribution >= 0.6 is 11.6 Å². The maximum atomic E-state index is 14.3. The lowest BCUT2D eigenvalue weighted by atomic mass is 9.94. The summed E-state index contributed by atoms with van der Waals surface area (Å²) < 4.78 is 32.6. The highest BCUT2D eigenvalue weighted by Gasteiger charge is 2.34. The molecule has 0 aliphatic heterocycles. The van der Waals surface area contributed by atoms with E-state index in [9.17, 15) is 18.0 Å². The average molecular weight is 626 g/mol. The number of ether oxygens (including phenoxy) is 1. The first-order chi connectivity index (χ1) is 20.5. The van der Waals surface area contributed by atoms with Gasteiger partial charge in [0.05, 0.1) is 19.1 Å². The van der Waals surface area contributed by atoms with Crippen LogP contribution in [-0.4, -0.2) is 57.1 Å². The summed E-state index contributed by atoms with van der Waals surface area (Å²) in [5, 5.41) is 3.67. The fourth-order valence-corrected chi connectivity index (χ4v) is 6.69. The van der Waals surface area contributed by atoms with Crippen molar-refractivity contribution < 1.29 is 22.7 Å². The number of methoxy groups -OCH3 is 1. The van der Waals surface area contributed by atoms with E-state index in [0.29, 0.717) is 22.0 Å². The normalized spacial score (nSPS) is 14.5. The number of carbonyl (C=O) groups is 2. The van der Waals surface area contributed by atoms with Crippen LogP contribution in [0.2, 0.25) is 5.02 Å². The van der Waals surface area contributed by atoms with Gasteiger partial charge >= 0.3 is 0 Å². The van der Waals surface area contributed by atoms with Crippen LogP contribution in [-0.2, 0) is 32.6 Å². The summed E-state index contributed by atoms with van der Waals surface area (Å²) in [6, 6.07) is 20.9. The number of aryl methyl sites for hydroxylation is 1. The fraction of sp³-hybridized carbons (Fsp3) is 0.394. The smallest absolute Gasteiger partial charge is 0.244 e. The molecule has 1 aliphatic carbocycles. The van der Waals surface area contributed by atoms with E-state index in [4.69, 9.17) is 16.3 Å². The Morgan fingerprint density at radius 1 is 0.977 bits per heavy atom. The van der Waals surface area contributed by atoms with Crippen molar-refractivity contribution in [1.29, 1.82) is 0 Å². The van der Waals surface area contributed by atoms with Gasteiger partial charge in [-0.05, 0) is 66.8 Å². The monoisotopic (exact) mass is 625 g/mol. The van der Waals surface area contributed by atoms with Crippen molar-refractivity contribution in [3.8, 4) is 5.75 Å². The molecule has 0 spiro atoms. The van der Waals surface area contributed by atoms with Gasteiger partial charge < -0.3 is 15.0 Å². The first-order valence-corrected chi connectivity index (χ1v) is 16.8. The van der Waals surface area contributed by atoms with E-state index in [1.165, 1.54) is 4.90 Å². The van der Waals surface area contributed by atoms with E-state index in [2.05, 4.69) is 5.32 Å². The quantitative estimate of drug-likeness (QED) is 0.286. The molecule has 1 atom stereocenters. The van der Waals surface area contributed by atoms with Crippen LogP contribution in [0.5, 0.6) is 5.75 Å². The highest BCUT2D eigenvalue weighted by molar-refractivity contribution is 7.92. The molecule has 230 valence electrons. The van der Waals surface area contributed by atoms with Gasteiger partial charge in [-0.2, -0.15) is 0 Å². The molecule has 0 saturated heterocycles. The summed E-state index contributed by atoms with van der Waals surface area (Å²) in [5.41, 5.74) is 2.61. The number of carbonyl (C=O) groups excluding carboxylic acids is 2. The Bertz CT molecular complexity index is 1510. The first-order valence-electron chi connectivity index (χ1n) is 14.6. The number of sulfonamides is 1. The summed E-state index contributed by atoms with van der Waals surface area (Å²) in [7, 11) is -2.30. The maximum absolute atomic E-state index is 14.3. The van der Waals surface area contributed by atoms with Crippen molar-refractivity contribution in [3.05, 3.63) is 94.5 Å². The lowest BCUT2D eigenvalue weighted by Crippen LogP contribution is -2.55. The molecule has 1 N–H and O–H groups in total. The summed E-state index contributed by atoms with van der Waals surface area (Å²) in [4.78, 5) is 29.9. The first kappa shape index (κ1) is 32.4. The fourth-order valence-electron chi connectivity index (χ4n) is 5.56. The van der Waals surface area contributed by atoms with Gasteiger partial charge in [0.2, 0.25) is 21.8 Å². The van der Waals surface area contributed by atoms with Gasteiger partial charge in [0.15, 0.2) is 0 Å². The van der Waals surface area contributed by atoms with Crippen LogP contribution in [0.1, 0.15) is 48.8 Å². The van der Waals surface area contributed by atoms with Gasteiger partial charge in [0.1, 0.15) is 18.3 Å². The molecule has 8 nitrogen and oxygen atoms in total. The SMILES string of the molecule is COc1cccc(CN(C(=O)CN(c2ccc(Cl)cc2C)S(C)(=O)=O)[C@@H](Cc2ccccc2)C(=O)NC2CCCCC2)c1. The Labute approximate surface area is 260 Å². The molecule has 0 radical (unpaired) electrons. The van der Waals surface area contributed by atoms with Gasteiger partial charge in [-0.15, -0.1) is 0 Å². The van der Waals surface area contributed by atoms with E-state index in [1.807, 2.05) is 54.6 Å². The third-order valence-corrected chi connectivity index (χ3v) is 9.18. The zero-order valence-electron chi connectivity index (χ0n) is 25.0. The predicted octanol–water partition coefficient (Wildman–Crippen LogP) is 5.51. The van der Waals surface area contributed by atoms with Gasteiger partial charge in [0, 0.05) is 24.0 Å². The van der Waals surface area contributed by atoms with Crippen molar-refractivity contribution in [2.45, 2.75) is 64.1 Å². The topological polar surface area (TPSA) is 96.0 Å². The number of hydrogen-bond donors (Lipinski definition) is 1. The Kier molecular flexibility index (Phi) is 11.1. The molecule has 3 aromatic carbocycles. The van der Waals surface area contributed by atoms with Crippen molar-refractivity contribution in [2.24, 2.45) is 0 Å². The van der Waals surface area contributed by atoms with Crippen molar-refractivity contribution >= 4 is 39.1 Å². The Balaban J connectivity index is 1.75. The van der Waals surface area contributed by atoms with Crippen molar-refractivity contribution in [3.63, 3.8) is 0 Å². The summed E-state index contributed by atoms with van der Waals surface area (Å²) in [6.45, 7) is 1.35. The van der Waals surface area contributed by atoms with E-state index in [0.717, 1.165) is 53.8 Å². The minimum atomic E-state index is -3.87. The molecule has 1 saturated carbocycles. The number of rotatable bonds is 12. The Morgan fingerprint density at radius 3 is 2.33 bits per heavy atom. The Hall–Kier alpha value is -3.56. The largest absolute Gasteiger partial charge is 0.497 e. The molecule has 10 heteroatoms. The van der Waals surface area contributed by atoms with Crippen LogP contribution < -0.4 is 14.4 Å². The minimum Gasteiger partial charge on any atom is -0.497 e. The van der Waals surface area contributed by atoms with Gasteiger partial charge in [0.25, 0.3) is 0 Å². The molecular weight excluding hydrogens is 586 g/mol. The molecule has 0 bridgehead atoms. The zero-order chi connectivity index (χ0) is 31.0. The van der Waals surface area contributed by atoms with Gasteiger partial charge in [-0.1, -0.05) is 73.3 Å². The molecule has 1 fully saturated rings. The zero-order valence-corrected chi connectivity index (χ0v) is 26.5. The number of hydrogen-bond acceptors (Lipinski definition) is 5. The minimum absolute atomic E-state index is 0.0394. The molecule has 0 aromatic heterocycles. The van der Waals surface area contributed by atoms with Crippen LogP contribution in [0.4, 0.5) is 5.69 Å². The van der Waals surface area contributed by atoms with Gasteiger partial charge in [-0.25, -0.2) is 8.42 Å². The second-order valence-electron chi connectivity index (χ2n) is 11.1. The van der Waals surface area contributed by atoms with Crippen LogP contribution in [0.25, 0.3) is 0 Å². The predicted molar refractivity (Wildman–Crippen MR) is 171 cm³/mol. The van der Waals surface area contributed by atoms with E-state index in [1.54, 1.807) is 32.2 Å². The lowest BCUT2D eigenvalue weighted by molar-refractivity contribution is -0.140. The molecule has 0 heterocycles. The average Bonchev–Trinajstić information content (AvgIpc) is 2.98. The summed E-state index contributed by atoms with van der Waals surface area (Å²) in [6.07, 6.45) is 6.36. The second-order valence-corrected chi connectivity index (χ2v) is 13.5. The molecule has 1 aliphatic rings. The van der Waals surface area contributed by atoms with Crippen LogP contribution in [0, 0.1) is 6.92 Å². The number of anilines is 1. The van der Waals surface area contributed by atoms with Gasteiger partial charge in [-0.3, -0.25) is 13.9 Å². The number of nitrogens with one attached hydrogen (secondary N) is 1. The maximum Gasteiger partial charge on any atom is 0.244 e. The van der Waals surface area contributed by atoms with E-state index in [-0.39, 0.29) is 24.9 Å². The molecule has 3 aromatic rings. The highest BCUT2D eigenvalue weighted by Crippen LogP contribution is 2.27. The number of benzene rings is 3. The molecule has 0 unspecified atom stereocenters. The van der Waals surface area contributed by atoms with E-state index < -0.39 is 28.5 Å². The number of halogens is 1. The molecular formula is C33H40ClN3O5S. The number of amides is 2. The third kappa shape index (κ3) is 8.97. The van der Waals surface area contributed by atoms with Crippen LogP contribution in [0.3, 0.4) is 0 Å². The summed E-state index contributed by atoms with van der Waals surface area (Å²) in [5.74, 6) is -0.131. The lowest BCUT2D eigenvalue weighted by Gasteiger charge is -2.35. The molecule has 43 heavy (non-hydrogen) atoms. The Morgan fingerprint density at radius 2 is 1.67 bits per heavy atom. The van der Waals surface area contributed by atoms with Crippen LogP contribution in [0.15, 0.2) is 72.8 Å². The molecule has 2 amide bonds. The molecule has 4 rings (SSSR count). The van der Waals surface area contributed by atoms with E-state index >= 15 is 0 Å². The highest BCUT2D eigenvalue weighted by atomic mass is 35.5. The second kappa shape index (κ2) is 14.8. The van der Waals surface area contributed by atoms with Crippen molar-refractivity contribution in [1.82, 2.24) is 10.2 Å².